The van der Waals surface area contributed by atoms with Gasteiger partial charge in [0.05, 0.1) is 22.7 Å². The number of ether oxygens (including phenoxy) is 1. The maximum atomic E-state index is 12.1. The van der Waals surface area contributed by atoms with Gasteiger partial charge in [-0.15, -0.1) is 35.8 Å². The lowest BCUT2D eigenvalue weighted by molar-refractivity contribution is -0.274. The Bertz CT molecular complexity index is 970. The number of ketones is 1. The fourth-order valence-electron chi connectivity index (χ4n) is 2.18. The normalized spacial score (nSPS) is 11.3. The summed E-state index contributed by atoms with van der Waals surface area (Å²) in [5.41, 5.74) is 0.895. The van der Waals surface area contributed by atoms with Crippen molar-refractivity contribution in [2.24, 2.45) is 0 Å². The van der Waals surface area contributed by atoms with Crippen molar-refractivity contribution in [3.63, 3.8) is 0 Å². The van der Waals surface area contributed by atoms with Gasteiger partial charge in [-0.2, -0.15) is 0 Å². The zero-order valence-electron chi connectivity index (χ0n) is 14.6. The van der Waals surface area contributed by atoms with Crippen LogP contribution in [0, 0.1) is 0 Å². The van der Waals surface area contributed by atoms with Gasteiger partial charge >= 0.3 is 6.36 Å². The number of thioether (sulfide) groups is 1. The largest absolute Gasteiger partial charge is 0.573 e. The smallest absolute Gasteiger partial charge is 0.406 e. The first-order valence-electron chi connectivity index (χ1n) is 8.08. The maximum absolute atomic E-state index is 12.1. The highest BCUT2D eigenvalue weighted by molar-refractivity contribution is 8.01. The highest BCUT2D eigenvalue weighted by atomic mass is 32.2. The van der Waals surface area contributed by atoms with Crippen LogP contribution in [0.15, 0.2) is 51.5 Å². The molecule has 1 amide bonds. The Balaban J connectivity index is 1.48. The molecule has 0 atom stereocenters. The monoisotopic (exact) mass is 458 g/mol. The summed E-state index contributed by atoms with van der Waals surface area (Å²) in [5.74, 6) is -0.427. The summed E-state index contributed by atoms with van der Waals surface area (Å²) in [5, 5.41) is 6.16. The molecule has 0 aliphatic carbocycles. The summed E-state index contributed by atoms with van der Waals surface area (Å²) in [7, 11) is 0. The van der Waals surface area contributed by atoms with Crippen molar-refractivity contribution in [2.45, 2.75) is 17.1 Å². The minimum absolute atomic E-state index is 0.0106. The molecule has 1 N–H and O–H groups in total. The Morgan fingerprint density at radius 3 is 2.55 bits per heavy atom. The standard InChI is InChI=1S/C18H13F3N2O3S3/c19-18(20,21)26-13-5-3-11(4-6-13)22-16(25)8-12-9-28-17(23-12)29-10-14(24)15-2-1-7-27-15/h1-7,9H,8,10H2,(H,22,25). The second-order valence-electron chi connectivity index (χ2n) is 5.59. The Hall–Kier alpha value is -2.37. The van der Waals surface area contributed by atoms with Crippen LogP contribution >= 0.6 is 34.4 Å². The Morgan fingerprint density at radius 1 is 1.14 bits per heavy atom. The lowest BCUT2D eigenvalue weighted by Gasteiger charge is -2.09. The van der Waals surface area contributed by atoms with Crippen molar-refractivity contribution in [3.8, 4) is 5.75 Å². The number of thiophene rings is 1. The van der Waals surface area contributed by atoms with Gasteiger partial charge in [-0.3, -0.25) is 9.59 Å². The lowest BCUT2D eigenvalue weighted by Crippen LogP contribution is -2.17. The minimum Gasteiger partial charge on any atom is -0.406 e. The van der Waals surface area contributed by atoms with Gasteiger partial charge in [0.15, 0.2) is 10.1 Å². The zero-order valence-corrected chi connectivity index (χ0v) is 17.0. The van der Waals surface area contributed by atoms with Gasteiger partial charge < -0.3 is 10.1 Å². The molecule has 152 valence electrons. The third-order valence-corrected chi connectivity index (χ3v) is 6.35. The molecule has 3 rings (SSSR count). The average Bonchev–Trinajstić information content (AvgIpc) is 3.32. The van der Waals surface area contributed by atoms with E-state index in [2.05, 4.69) is 15.0 Å². The molecule has 0 unspecified atom stereocenters. The van der Waals surface area contributed by atoms with Crippen LogP contribution in [-0.2, 0) is 11.2 Å². The van der Waals surface area contributed by atoms with Gasteiger partial charge in [0, 0.05) is 11.1 Å². The molecule has 0 spiro atoms. The third kappa shape index (κ3) is 6.87. The number of nitrogens with one attached hydrogen (secondary N) is 1. The van der Waals surface area contributed by atoms with Gasteiger partial charge in [0.25, 0.3) is 0 Å². The molecule has 0 bridgehead atoms. The number of anilines is 1. The van der Waals surface area contributed by atoms with Crippen molar-refractivity contribution < 1.29 is 27.5 Å². The first-order chi connectivity index (χ1) is 13.8. The van der Waals surface area contributed by atoms with Gasteiger partial charge in [-0.05, 0) is 35.7 Å². The zero-order chi connectivity index (χ0) is 20.9. The first-order valence-corrected chi connectivity index (χ1v) is 10.8. The van der Waals surface area contributed by atoms with E-state index in [0.29, 0.717) is 20.6 Å². The summed E-state index contributed by atoms with van der Waals surface area (Å²) < 4.78 is 40.9. The highest BCUT2D eigenvalue weighted by Crippen LogP contribution is 2.26. The van der Waals surface area contributed by atoms with E-state index < -0.39 is 6.36 Å². The van der Waals surface area contributed by atoms with E-state index in [1.807, 2.05) is 11.4 Å². The predicted molar refractivity (Wildman–Crippen MR) is 107 cm³/mol. The van der Waals surface area contributed by atoms with Crippen LogP contribution in [0.4, 0.5) is 18.9 Å². The Labute approximate surface area is 175 Å². The molecule has 2 heterocycles. The number of rotatable bonds is 8. The molecule has 1 aromatic carbocycles. The number of carbonyl (C=O) groups is 2. The molecule has 0 aliphatic heterocycles. The molecule has 11 heteroatoms. The fraction of sp³-hybridized carbons (Fsp3) is 0.167. The molecular formula is C18H13F3N2O3S3. The van der Waals surface area contributed by atoms with E-state index >= 15 is 0 Å². The van der Waals surface area contributed by atoms with Gasteiger partial charge in [0.1, 0.15) is 5.75 Å². The first kappa shape index (κ1) is 21.3. The quantitative estimate of drug-likeness (QED) is 0.368. The van der Waals surface area contributed by atoms with Gasteiger partial charge in [-0.1, -0.05) is 17.8 Å². The second kappa shape index (κ2) is 9.42. The molecular weight excluding hydrogens is 445 g/mol. The molecule has 3 aromatic rings. The minimum atomic E-state index is -4.76. The number of aromatic nitrogens is 1. The molecule has 29 heavy (non-hydrogen) atoms. The summed E-state index contributed by atoms with van der Waals surface area (Å²) in [6.45, 7) is 0. The molecule has 0 saturated carbocycles. The lowest BCUT2D eigenvalue weighted by atomic mass is 10.2. The predicted octanol–water partition coefficient (Wildman–Crippen LogP) is 5.26. The topological polar surface area (TPSA) is 68.3 Å². The van der Waals surface area contributed by atoms with E-state index in [-0.39, 0.29) is 29.6 Å². The number of Topliss-reactive ketones (excluding diaryl/α,β-unsaturated/α-hetero) is 1. The fourth-order valence-corrected chi connectivity index (χ4v) is 4.67. The average molecular weight is 459 g/mol. The van der Waals surface area contributed by atoms with Crippen molar-refractivity contribution in [1.82, 2.24) is 4.98 Å². The number of thiazole rings is 1. The third-order valence-electron chi connectivity index (χ3n) is 3.37. The number of carbonyl (C=O) groups excluding carboxylic acids is 2. The number of nitrogens with zero attached hydrogens (tertiary/aromatic N) is 1. The summed E-state index contributed by atoms with van der Waals surface area (Å²) >= 11 is 4.04. The van der Waals surface area contributed by atoms with Crippen LogP contribution in [0.2, 0.25) is 0 Å². The molecule has 0 radical (unpaired) electrons. The Kier molecular flexibility index (Phi) is 6.93. The van der Waals surface area contributed by atoms with Crippen LogP contribution in [0.3, 0.4) is 0 Å². The second-order valence-corrected chi connectivity index (χ2v) is 8.62. The highest BCUT2D eigenvalue weighted by Gasteiger charge is 2.30. The number of alkyl halides is 3. The summed E-state index contributed by atoms with van der Waals surface area (Å²) in [6.07, 6.45) is -4.75. The Morgan fingerprint density at radius 2 is 1.90 bits per heavy atom. The molecule has 0 saturated heterocycles. The number of hydrogen-bond donors (Lipinski definition) is 1. The summed E-state index contributed by atoms with van der Waals surface area (Å²) in [6, 6.07) is 8.46. The van der Waals surface area contributed by atoms with E-state index in [0.717, 1.165) is 12.1 Å². The molecule has 0 aliphatic rings. The van der Waals surface area contributed by atoms with Crippen molar-refractivity contribution in [1.29, 1.82) is 0 Å². The van der Waals surface area contributed by atoms with Crippen LogP contribution in [0.5, 0.6) is 5.75 Å². The van der Waals surface area contributed by atoms with Gasteiger partial charge in [-0.25, -0.2) is 4.98 Å². The molecule has 5 nitrogen and oxygen atoms in total. The number of benzene rings is 1. The molecule has 2 aromatic heterocycles. The van der Waals surface area contributed by atoms with E-state index in [4.69, 9.17) is 0 Å². The van der Waals surface area contributed by atoms with E-state index in [1.165, 1.54) is 46.6 Å². The number of hydrogen-bond acceptors (Lipinski definition) is 7. The van der Waals surface area contributed by atoms with Crippen molar-refractivity contribution >= 4 is 51.8 Å². The number of amides is 1. The van der Waals surface area contributed by atoms with Crippen LogP contribution in [-0.4, -0.2) is 28.8 Å². The van der Waals surface area contributed by atoms with Crippen molar-refractivity contribution in [2.75, 3.05) is 11.1 Å². The van der Waals surface area contributed by atoms with E-state index in [1.54, 1.807) is 11.4 Å². The van der Waals surface area contributed by atoms with Gasteiger partial charge in [0.2, 0.25) is 5.91 Å². The van der Waals surface area contributed by atoms with E-state index in [9.17, 15) is 22.8 Å². The van der Waals surface area contributed by atoms with Crippen LogP contribution in [0.25, 0.3) is 0 Å². The SMILES string of the molecule is O=C(Cc1csc(SCC(=O)c2cccs2)n1)Nc1ccc(OC(F)(F)F)cc1. The summed E-state index contributed by atoms with van der Waals surface area (Å²) in [4.78, 5) is 29.1. The molecule has 0 fully saturated rings. The van der Waals surface area contributed by atoms with Crippen LogP contribution < -0.4 is 10.1 Å². The maximum Gasteiger partial charge on any atom is 0.573 e. The van der Waals surface area contributed by atoms with Crippen LogP contribution in [0.1, 0.15) is 15.4 Å². The number of halogens is 3. The van der Waals surface area contributed by atoms with Crippen molar-refractivity contribution in [3.05, 3.63) is 57.7 Å².